The normalized spacial score (nSPS) is 10.4. The molecule has 2 N–H and O–H groups in total. The fourth-order valence-corrected chi connectivity index (χ4v) is 1.24. The summed E-state index contributed by atoms with van der Waals surface area (Å²) < 4.78 is 0. The summed E-state index contributed by atoms with van der Waals surface area (Å²) in [6.45, 7) is 3.95. The van der Waals surface area contributed by atoms with Gasteiger partial charge < -0.3 is 10.4 Å². The molecule has 0 amide bonds. The standard InChI is InChI=1S/C11H13NO2/c1-8-4-3-5-9(2)11(8)12-7-6-10(13)14/h3-7,12H,1-2H3,(H,13,14)/b7-6+. The van der Waals surface area contributed by atoms with Gasteiger partial charge >= 0.3 is 5.97 Å². The average Bonchev–Trinajstić information content (AvgIpc) is 2.09. The molecule has 0 aromatic heterocycles. The SMILES string of the molecule is Cc1cccc(C)c1N/C=C/C(=O)O. The van der Waals surface area contributed by atoms with Gasteiger partial charge in [-0.05, 0) is 25.0 Å². The monoisotopic (exact) mass is 191 g/mol. The second-order valence-electron chi connectivity index (χ2n) is 3.08. The molecule has 0 spiro atoms. The van der Waals surface area contributed by atoms with E-state index in [0.29, 0.717) is 0 Å². The Morgan fingerprint density at radius 3 is 2.43 bits per heavy atom. The minimum atomic E-state index is -0.955. The Kier molecular flexibility index (Phi) is 3.29. The Balaban J connectivity index is 2.81. The predicted molar refractivity (Wildman–Crippen MR) is 56.3 cm³/mol. The van der Waals surface area contributed by atoms with Gasteiger partial charge in [0, 0.05) is 18.0 Å². The number of carboxylic acids is 1. The summed E-state index contributed by atoms with van der Waals surface area (Å²) in [5.41, 5.74) is 3.16. The van der Waals surface area contributed by atoms with E-state index >= 15 is 0 Å². The summed E-state index contributed by atoms with van der Waals surface area (Å²) in [6.07, 6.45) is 2.50. The van der Waals surface area contributed by atoms with Crippen molar-refractivity contribution in [1.29, 1.82) is 0 Å². The van der Waals surface area contributed by atoms with Gasteiger partial charge in [0.2, 0.25) is 0 Å². The lowest BCUT2D eigenvalue weighted by atomic mass is 10.1. The zero-order valence-corrected chi connectivity index (χ0v) is 8.24. The Bertz CT molecular complexity index is 349. The lowest BCUT2D eigenvalue weighted by Gasteiger charge is -2.08. The third kappa shape index (κ3) is 2.62. The number of hydrogen-bond donors (Lipinski definition) is 2. The molecule has 0 heterocycles. The van der Waals surface area contributed by atoms with Crippen molar-refractivity contribution < 1.29 is 9.90 Å². The first kappa shape index (κ1) is 10.3. The Morgan fingerprint density at radius 2 is 1.93 bits per heavy atom. The van der Waals surface area contributed by atoms with E-state index in [1.165, 1.54) is 6.20 Å². The first-order chi connectivity index (χ1) is 6.61. The number of anilines is 1. The van der Waals surface area contributed by atoms with Gasteiger partial charge in [-0.1, -0.05) is 18.2 Å². The van der Waals surface area contributed by atoms with Crippen molar-refractivity contribution in [2.24, 2.45) is 0 Å². The number of carboxylic acid groups (broad SMARTS) is 1. The molecule has 14 heavy (non-hydrogen) atoms. The molecule has 0 bridgehead atoms. The smallest absolute Gasteiger partial charge is 0.329 e. The molecule has 1 rings (SSSR count). The van der Waals surface area contributed by atoms with Gasteiger partial charge in [-0.25, -0.2) is 4.79 Å². The largest absolute Gasteiger partial charge is 0.478 e. The molecule has 1 aromatic rings. The fraction of sp³-hybridized carbons (Fsp3) is 0.182. The van der Waals surface area contributed by atoms with Crippen LogP contribution in [0.25, 0.3) is 0 Å². The maximum Gasteiger partial charge on any atom is 0.329 e. The van der Waals surface area contributed by atoms with Gasteiger partial charge in [0.25, 0.3) is 0 Å². The van der Waals surface area contributed by atoms with E-state index in [0.717, 1.165) is 22.9 Å². The van der Waals surface area contributed by atoms with Gasteiger partial charge in [-0.3, -0.25) is 0 Å². The molecule has 3 nitrogen and oxygen atoms in total. The zero-order chi connectivity index (χ0) is 10.6. The van der Waals surface area contributed by atoms with E-state index in [-0.39, 0.29) is 0 Å². The fourth-order valence-electron chi connectivity index (χ4n) is 1.24. The Labute approximate surface area is 83.1 Å². The van der Waals surface area contributed by atoms with Crippen molar-refractivity contribution in [3.8, 4) is 0 Å². The number of para-hydroxylation sites is 1. The lowest BCUT2D eigenvalue weighted by molar-refractivity contribution is -0.131. The molecule has 74 valence electrons. The lowest BCUT2D eigenvalue weighted by Crippen LogP contribution is -1.96. The molecule has 0 radical (unpaired) electrons. The zero-order valence-electron chi connectivity index (χ0n) is 8.24. The van der Waals surface area contributed by atoms with Crippen LogP contribution in [0.3, 0.4) is 0 Å². The van der Waals surface area contributed by atoms with Crippen LogP contribution in [0.1, 0.15) is 11.1 Å². The number of hydrogen-bond acceptors (Lipinski definition) is 2. The van der Waals surface area contributed by atoms with E-state index in [9.17, 15) is 4.79 Å². The van der Waals surface area contributed by atoms with E-state index < -0.39 is 5.97 Å². The topological polar surface area (TPSA) is 49.3 Å². The molecule has 0 aliphatic heterocycles. The van der Waals surface area contributed by atoms with Crippen LogP contribution in [0.5, 0.6) is 0 Å². The Hall–Kier alpha value is -1.77. The van der Waals surface area contributed by atoms with Gasteiger partial charge in [0.05, 0.1) is 0 Å². The molecular weight excluding hydrogens is 178 g/mol. The van der Waals surface area contributed by atoms with Crippen LogP contribution in [0.2, 0.25) is 0 Å². The summed E-state index contributed by atoms with van der Waals surface area (Å²) in [5.74, 6) is -0.955. The summed E-state index contributed by atoms with van der Waals surface area (Å²) in [7, 11) is 0. The van der Waals surface area contributed by atoms with Crippen molar-refractivity contribution in [2.75, 3.05) is 5.32 Å². The van der Waals surface area contributed by atoms with Gasteiger partial charge in [0.15, 0.2) is 0 Å². The van der Waals surface area contributed by atoms with Crippen molar-refractivity contribution in [2.45, 2.75) is 13.8 Å². The predicted octanol–water partition coefficient (Wildman–Crippen LogP) is 2.31. The van der Waals surface area contributed by atoms with Crippen LogP contribution in [-0.4, -0.2) is 11.1 Å². The number of nitrogens with one attached hydrogen (secondary N) is 1. The molecule has 0 saturated carbocycles. The van der Waals surface area contributed by atoms with Crippen LogP contribution in [-0.2, 0) is 4.79 Å². The number of rotatable bonds is 3. The highest BCUT2D eigenvalue weighted by atomic mass is 16.4. The van der Waals surface area contributed by atoms with E-state index in [1.807, 2.05) is 32.0 Å². The highest BCUT2D eigenvalue weighted by molar-refractivity contribution is 5.80. The molecule has 0 fully saturated rings. The average molecular weight is 191 g/mol. The van der Waals surface area contributed by atoms with Gasteiger partial charge in [-0.2, -0.15) is 0 Å². The maximum absolute atomic E-state index is 10.2. The number of aliphatic carboxylic acids is 1. The van der Waals surface area contributed by atoms with Gasteiger partial charge in [-0.15, -0.1) is 0 Å². The second kappa shape index (κ2) is 4.46. The second-order valence-corrected chi connectivity index (χ2v) is 3.08. The minimum Gasteiger partial charge on any atom is -0.478 e. The van der Waals surface area contributed by atoms with Crippen molar-refractivity contribution in [3.63, 3.8) is 0 Å². The number of carbonyl (C=O) groups is 1. The van der Waals surface area contributed by atoms with Crippen LogP contribution in [0, 0.1) is 13.8 Å². The third-order valence-corrected chi connectivity index (χ3v) is 1.93. The van der Waals surface area contributed by atoms with E-state index in [2.05, 4.69) is 5.32 Å². The van der Waals surface area contributed by atoms with Crippen molar-refractivity contribution in [3.05, 3.63) is 41.6 Å². The maximum atomic E-state index is 10.2. The molecule has 0 atom stereocenters. The van der Waals surface area contributed by atoms with Crippen molar-refractivity contribution >= 4 is 11.7 Å². The number of benzene rings is 1. The van der Waals surface area contributed by atoms with E-state index in [4.69, 9.17) is 5.11 Å². The van der Waals surface area contributed by atoms with Crippen LogP contribution < -0.4 is 5.32 Å². The van der Waals surface area contributed by atoms with Crippen LogP contribution >= 0.6 is 0 Å². The van der Waals surface area contributed by atoms with Crippen molar-refractivity contribution in [1.82, 2.24) is 0 Å². The van der Waals surface area contributed by atoms with Crippen LogP contribution in [0.4, 0.5) is 5.69 Å². The number of aryl methyl sites for hydroxylation is 2. The highest BCUT2D eigenvalue weighted by Crippen LogP contribution is 2.18. The summed E-state index contributed by atoms with van der Waals surface area (Å²) in [6, 6.07) is 5.92. The summed E-state index contributed by atoms with van der Waals surface area (Å²) >= 11 is 0. The third-order valence-electron chi connectivity index (χ3n) is 1.93. The Morgan fingerprint density at radius 1 is 1.36 bits per heavy atom. The molecule has 0 aliphatic carbocycles. The summed E-state index contributed by atoms with van der Waals surface area (Å²) in [4.78, 5) is 10.2. The quantitative estimate of drug-likeness (QED) is 0.721. The molecule has 1 aromatic carbocycles. The summed E-state index contributed by atoms with van der Waals surface area (Å²) in [5, 5.41) is 11.4. The first-order valence-electron chi connectivity index (χ1n) is 4.33. The molecule has 0 saturated heterocycles. The molecule has 0 unspecified atom stereocenters. The minimum absolute atomic E-state index is 0.955. The van der Waals surface area contributed by atoms with Crippen LogP contribution in [0.15, 0.2) is 30.5 Å². The van der Waals surface area contributed by atoms with Gasteiger partial charge in [0.1, 0.15) is 0 Å². The highest BCUT2D eigenvalue weighted by Gasteiger charge is 1.98. The molecule has 3 heteroatoms. The molecule has 0 aliphatic rings. The molecular formula is C11H13NO2. The van der Waals surface area contributed by atoms with E-state index in [1.54, 1.807) is 0 Å². The first-order valence-corrected chi connectivity index (χ1v) is 4.33.